The molecule has 1 saturated carbocycles. The third kappa shape index (κ3) is 3.89. The third-order valence-electron chi connectivity index (χ3n) is 4.79. The second-order valence-corrected chi connectivity index (χ2v) is 8.65. The minimum atomic E-state index is -3.53. The lowest BCUT2D eigenvalue weighted by molar-refractivity contribution is -0.142. The van der Waals surface area contributed by atoms with Crippen LogP contribution >= 0.6 is 0 Å². The molecular weight excluding hydrogens is 340 g/mol. The average Bonchev–Trinajstić information content (AvgIpc) is 2.92. The highest BCUT2D eigenvalue weighted by atomic mass is 32.2. The van der Waals surface area contributed by atoms with Gasteiger partial charge in [0.2, 0.25) is 0 Å². The van der Waals surface area contributed by atoms with E-state index in [2.05, 4.69) is 0 Å². The van der Waals surface area contributed by atoms with Crippen LogP contribution in [0.1, 0.15) is 56.3 Å². The fraction of sp³-hybridized carbons (Fsp3) is 0.526. The molecule has 0 spiro atoms. The van der Waals surface area contributed by atoms with Crippen LogP contribution in [-0.2, 0) is 25.8 Å². The lowest BCUT2D eigenvalue weighted by Gasteiger charge is -2.21. The number of benzene rings is 1. The van der Waals surface area contributed by atoms with E-state index < -0.39 is 15.8 Å². The minimum absolute atomic E-state index is 0.119. The molecule has 6 heteroatoms. The van der Waals surface area contributed by atoms with Crippen LogP contribution in [0.15, 0.2) is 27.5 Å². The monoisotopic (exact) mass is 364 g/mol. The highest BCUT2D eigenvalue weighted by Crippen LogP contribution is 2.37. The Morgan fingerprint density at radius 2 is 1.96 bits per heavy atom. The molecule has 0 unspecified atom stereocenters. The summed E-state index contributed by atoms with van der Waals surface area (Å²) in [6.45, 7) is 1.96. The zero-order valence-electron chi connectivity index (χ0n) is 14.7. The summed E-state index contributed by atoms with van der Waals surface area (Å²) in [4.78, 5) is 11.9. The van der Waals surface area contributed by atoms with Gasteiger partial charge in [0.1, 0.15) is 22.7 Å². The van der Waals surface area contributed by atoms with E-state index in [4.69, 9.17) is 9.15 Å². The summed E-state index contributed by atoms with van der Waals surface area (Å²) < 4.78 is 35.3. The summed E-state index contributed by atoms with van der Waals surface area (Å²) >= 11 is 0. The van der Waals surface area contributed by atoms with Crippen LogP contribution in [0, 0.1) is 0 Å². The molecule has 1 heterocycles. The Kier molecular flexibility index (Phi) is 5.18. The van der Waals surface area contributed by atoms with E-state index in [9.17, 15) is 13.2 Å². The minimum Gasteiger partial charge on any atom is -0.466 e. The normalized spacial score (nSPS) is 16.2. The number of esters is 1. The first-order valence-electron chi connectivity index (χ1n) is 8.81. The van der Waals surface area contributed by atoms with E-state index >= 15 is 0 Å². The van der Waals surface area contributed by atoms with Gasteiger partial charge in [-0.05, 0) is 43.4 Å². The maximum absolute atomic E-state index is 12.3. The predicted octanol–water partition coefficient (Wildman–Crippen LogP) is 3.99. The Morgan fingerprint density at radius 1 is 1.24 bits per heavy atom. The van der Waals surface area contributed by atoms with Gasteiger partial charge in [0.25, 0.3) is 0 Å². The number of hydrogen-bond acceptors (Lipinski definition) is 5. The van der Waals surface area contributed by atoms with Crippen molar-refractivity contribution in [3.63, 3.8) is 0 Å². The van der Waals surface area contributed by atoms with Crippen molar-refractivity contribution in [2.24, 2.45) is 0 Å². The molecular formula is C19H24O5S. The van der Waals surface area contributed by atoms with Crippen LogP contribution in [-0.4, -0.2) is 27.2 Å². The summed E-state index contributed by atoms with van der Waals surface area (Å²) in [5.74, 6) is 0.143. The maximum atomic E-state index is 12.3. The van der Waals surface area contributed by atoms with Crippen molar-refractivity contribution in [2.45, 2.75) is 56.3 Å². The summed E-state index contributed by atoms with van der Waals surface area (Å²) in [6.07, 6.45) is 6.93. The number of sulfone groups is 1. The molecule has 0 amide bonds. The molecule has 1 aliphatic rings. The first-order chi connectivity index (χ1) is 11.9. The van der Waals surface area contributed by atoms with E-state index in [0.29, 0.717) is 16.9 Å². The Morgan fingerprint density at radius 3 is 2.60 bits per heavy atom. The second kappa shape index (κ2) is 7.20. The van der Waals surface area contributed by atoms with Gasteiger partial charge in [-0.3, -0.25) is 4.79 Å². The summed E-state index contributed by atoms with van der Waals surface area (Å²) in [6, 6.07) is 5.77. The third-order valence-corrected chi connectivity index (χ3v) is 5.98. The van der Waals surface area contributed by atoms with Gasteiger partial charge in [-0.15, -0.1) is 0 Å². The summed E-state index contributed by atoms with van der Waals surface area (Å²) in [5, 5.41) is 0.574. The fourth-order valence-corrected chi connectivity index (χ4v) is 4.79. The largest absolute Gasteiger partial charge is 0.466 e. The van der Waals surface area contributed by atoms with E-state index in [0.717, 1.165) is 24.7 Å². The van der Waals surface area contributed by atoms with Crippen LogP contribution in [0.5, 0.6) is 0 Å². The number of carbonyl (C=O) groups excluding carboxylic acids is 1. The van der Waals surface area contributed by atoms with E-state index in [-0.39, 0.29) is 23.7 Å². The Balaban J connectivity index is 2.07. The summed E-state index contributed by atoms with van der Waals surface area (Å²) in [7, 11) is -3.53. The molecule has 5 nitrogen and oxygen atoms in total. The van der Waals surface area contributed by atoms with Crippen molar-refractivity contribution in [2.75, 3.05) is 12.9 Å². The molecule has 0 saturated heterocycles. The highest BCUT2D eigenvalue weighted by molar-refractivity contribution is 7.91. The molecule has 1 aromatic heterocycles. The molecule has 136 valence electrons. The molecule has 1 aromatic carbocycles. The SMILES string of the molecule is CCOC(=O)Cc1oc2ccc(C3CCCCC3)cc2c1S(C)(=O)=O. The van der Waals surface area contributed by atoms with Gasteiger partial charge in [-0.1, -0.05) is 25.3 Å². The lowest BCUT2D eigenvalue weighted by Crippen LogP contribution is -2.10. The molecule has 0 atom stereocenters. The van der Waals surface area contributed by atoms with E-state index in [1.165, 1.54) is 19.3 Å². The maximum Gasteiger partial charge on any atom is 0.313 e. The molecule has 3 rings (SSSR count). The van der Waals surface area contributed by atoms with Gasteiger partial charge in [0.15, 0.2) is 9.84 Å². The van der Waals surface area contributed by atoms with E-state index in [1.54, 1.807) is 6.92 Å². The number of furan rings is 1. The van der Waals surface area contributed by atoms with Gasteiger partial charge < -0.3 is 9.15 Å². The smallest absolute Gasteiger partial charge is 0.313 e. The van der Waals surface area contributed by atoms with Crippen molar-refractivity contribution in [3.8, 4) is 0 Å². The first-order valence-corrected chi connectivity index (χ1v) is 10.7. The zero-order valence-corrected chi connectivity index (χ0v) is 15.5. The van der Waals surface area contributed by atoms with Crippen molar-refractivity contribution in [3.05, 3.63) is 29.5 Å². The van der Waals surface area contributed by atoms with Gasteiger partial charge in [-0.25, -0.2) is 8.42 Å². The number of carbonyl (C=O) groups is 1. The molecule has 0 aliphatic heterocycles. The average molecular weight is 364 g/mol. The molecule has 1 fully saturated rings. The predicted molar refractivity (Wildman–Crippen MR) is 95.5 cm³/mol. The van der Waals surface area contributed by atoms with Crippen LogP contribution in [0.2, 0.25) is 0 Å². The van der Waals surface area contributed by atoms with Crippen molar-refractivity contribution < 1.29 is 22.4 Å². The number of fused-ring (bicyclic) bond motifs is 1. The number of rotatable bonds is 5. The van der Waals surface area contributed by atoms with Crippen LogP contribution < -0.4 is 0 Å². The Labute approximate surface area is 148 Å². The lowest BCUT2D eigenvalue weighted by atomic mass is 9.84. The second-order valence-electron chi connectivity index (χ2n) is 6.70. The van der Waals surface area contributed by atoms with Crippen LogP contribution in [0.3, 0.4) is 0 Å². The standard InChI is InChI=1S/C19H24O5S/c1-3-23-18(20)12-17-19(25(2,21)22)15-11-14(9-10-16(15)24-17)13-7-5-4-6-8-13/h9-11,13H,3-8,12H2,1-2H3. The molecule has 25 heavy (non-hydrogen) atoms. The molecule has 0 radical (unpaired) electrons. The topological polar surface area (TPSA) is 73.6 Å². The van der Waals surface area contributed by atoms with Crippen molar-refractivity contribution >= 4 is 26.8 Å². The van der Waals surface area contributed by atoms with Gasteiger partial charge in [0, 0.05) is 11.6 Å². The quantitative estimate of drug-likeness (QED) is 0.750. The first kappa shape index (κ1) is 18.0. The highest BCUT2D eigenvalue weighted by Gasteiger charge is 2.26. The Hall–Kier alpha value is -1.82. The van der Waals surface area contributed by atoms with Crippen molar-refractivity contribution in [1.29, 1.82) is 0 Å². The number of hydrogen-bond donors (Lipinski definition) is 0. The van der Waals surface area contributed by atoms with Gasteiger partial charge in [-0.2, -0.15) is 0 Å². The van der Waals surface area contributed by atoms with Gasteiger partial charge >= 0.3 is 5.97 Å². The molecule has 2 aromatic rings. The molecule has 1 aliphatic carbocycles. The summed E-state index contributed by atoms with van der Waals surface area (Å²) in [5.41, 5.74) is 1.65. The van der Waals surface area contributed by atoms with E-state index in [1.807, 2.05) is 18.2 Å². The molecule has 0 N–H and O–H groups in total. The van der Waals surface area contributed by atoms with Crippen LogP contribution in [0.4, 0.5) is 0 Å². The Bertz CT molecular complexity index is 873. The van der Waals surface area contributed by atoms with Gasteiger partial charge in [0.05, 0.1) is 6.61 Å². The number of ether oxygens (including phenoxy) is 1. The molecule has 0 bridgehead atoms. The van der Waals surface area contributed by atoms with Crippen molar-refractivity contribution in [1.82, 2.24) is 0 Å². The van der Waals surface area contributed by atoms with Crippen LogP contribution in [0.25, 0.3) is 11.0 Å². The fourth-order valence-electron chi connectivity index (χ4n) is 3.70. The zero-order chi connectivity index (χ0) is 18.0.